The molecule has 1 aromatic carbocycles. The molecule has 0 saturated carbocycles. The molecule has 0 radical (unpaired) electrons. The number of hydrogen-bond donors (Lipinski definition) is 0. The Morgan fingerprint density at radius 2 is 1.94 bits per heavy atom. The molecule has 1 aliphatic heterocycles. The van der Waals surface area contributed by atoms with Gasteiger partial charge in [0.15, 0.2) is 0 Å². The minimum absolute atomic E-state index is 0.192. The van der Waals surface area contributed by atoms with Crippen LogP contribution < -0.4 is 9.47 Å². The maximum absolute atomic E-state index is 13.7. The number of hydrogen-bond acceptors (Lipinski definition) is 7. The average Bonchev–Trinajstić information content (AvgIpc) is 2.77. The molecule has 0 aliphatic carbocycles. The van der Waals surface area contributed by atoms with Crippen LogP contribution in [0.5, 0.6) is 11.6 Å². The third kappa shape index (κ3) is 6.89. The minimum atomic E-state index is -3.67. The van der Waals surface area contributed by atoms with Gasteiger partial charge in [0.2, 0.25) is 5.88 Å². The summed E-state index contributed by atoms with van der Waals surface area (Å²) in [7, 11) is -3.67. The predicted octanol–water partition coefficient (Wildman–Crippen LogP) is 4.99. The zero-order valence-electron chi connectivity index (χ0n) is 21.8. The summed E-state index contributed by atoms with van der Waals surface area (Å²) in [6.45, 7) is 10.8. The van der Waals surface area contributed by atoms with Gasteiger partial charge in [0.1, 0.15) is 5.75 Å². The molecule has 0 atom stereocenters. The number of pyridine rings is 1. The number of ether oxygens (including phenoxy) is 2. The van der Waals surface area contributed by atoms with Crippen LogP contribution in [0.1, 0.15) is 71.9 Å². The molecule has 10 heteroatoms. The van der Waals surface area contributed by atoms with Gasteiger partial charge in [-0.25, -0.2) is 4.98 Å². The Bertz CT molecular complexity index is 1230. The van der Waals surface area contributed by atoms with Gasteiger partial charge in [-0.2, -0.15) is 8.42 Å². The number of fused-ring (bicyclic) bond motifs is 1. The lowest BCUT2D eigenvalue weighted by atomic mass is 9.93. The van der Waals surface area contributed by atoms with Gasteiger partial charge in [-0.3, -0.25) is 8.98 Å². The number of benzene rings is 1. The van der Waals surface area contributed by atoms with E-state index in [-0.39, 0.29) is 23.6 Å². The number of aromatic nitrogens is 1. The van der Waals surface area contributed by atoms with E-state index in [0.29, 0.717) is 54.4 Å². The number of aryl methyl sites for hydroxylation is 2. The van der Waals surface area contributed by atoms with Crippen molar-refractivity contribution in [3.05, 3.63) is 50.7 Å². The Hall–Kier alpha value is -2.36. The molecule has 36 heavy (non-hydrogen) atoms. The normalized spacial score (nSPS) is 13.8. The molecule has 1 amide bonds. The van der Waals surface area contributed by atoms with Crippen molar-refractivity contribution in [2.75, 3.05) is 19.4 Å². The van der Waals surface area contributed by atoms with Crippen LogP contribution in [0.25, 0.3) is 0 Å². The quantitative estimate of drug-likeness (QED) is 0.293. The minimum Gasteiger partial charge on any atom is -0.489 e. The van der Waals surface area contributed by atoms with Crippen LogP contribution in [0.2, 0.25) is 5.02 Å². The molecular formula is C26H35ClN2O6S. The van der Waals surface area contributed by atoms with Crippen LogP contribution >= 0.6 is 11.6 Å². The Morgan fingerprint density at radius 3 is 2.58 bits per heavy atom. The molecule has 0 saturated heterocycles. The van der Waals surface area contributed by atoms with E-state index in [1.807, 2.05) is 33.8 Å². The summed E-state index contributed by atoms with van der Waals surface area (Å²) in [5, 5.41) is 0.217. The molecular weight excluding hydrogens is 504 g/mol. The summed E-state index contributed by atoms with van der Waals surface area (Å²) in [6, 6.07) is 3.65. The van der Waals surface area contributed by atoms with Gasteiger partial charge in [-0.05, 0) is 69.4 Å². The van der Waals surface area contributed by atoms with Gasteiger partial charge in [0.25, 0.3) is 16.0 Å². The SMILES string of the molecule is CCCCOc1nc(C)cc(C)c1CN1CCc2c(COS(C)(=O)=O)cc(OC(C)C)c(Cl)c2C1=O. The van der Waals surface area contributed by atoms with Crippen molar-refractivity contribution in [1.82, 2.24) is 9.88 Å². The van der Waals surface area contributed by atoms with Crippen molar-refractivity contribution in [3.63, 3.8) is 0 Å². The largest absolute Gasteiger partial charge is 0.489 e. The summed E-state index contributed by atoms with van der Waals surface area (Å²) in [4.78, 5) is 20.1. The van der Waals surface area contributed by atoms with E-state index in [1.54, 1.807) is 11.0 Å². The highest BCUT2D eigenvalue weighted by atomic mass is 35.5. The molecule has 0 fully saturated rings. The number of nitrogens with zero attached hydrogens (tertiary/aromatic N) is 2. The van der Waals surface area contributed by atoms with E-state index in [2.05, 4.69) is 11.9 Å². The van der Waals surface area contributed by atoms with Crippen LogP contribution in [0.15, 0.2) is 12.1 Å². The van der Waals surface area contributed by atoms with E-state index < -0.39 is 10.1 Å². The predicted molar refractivity (Wildman–Crippen MR) is 139 cm³/mol. The second-order valence-electron chi connectivity index (χ2n) is 9.38. The van der Waals surface area contributed by atoms with Crippen LogP contribution in [0, 0.1) is 13.8 Å². The standard InChI is InChI=1S/C26H35ClN2O6S/c1-7-8-11-33-25-21(17(4)12-18(5)28-25)14-29-10-9-20-19(15-34-36(6,31)32)13-22(35-16(2)3)24(27)23(20)26(29)30/h12-13,16H,7-11,14-15H2,1-6H3. The van der Waals surface area contributed by atoms with Gasteiger partial charge in [0, 0.05) is 17.8 Å². The van der Waals surface area contributed by atoms with E-state index in [4.69, 9.17) is 25.3 Å². The number of carbonyl (C=O) groups is 1. The first-order valence-electron chi connectivity index (χ1n) is 12.2. The number of amides is 1. The summed E-state index contributed by atoms with van der Waals surface area (Å²) in [6.07, 6.45) is 3.22. The van der Waals surface area contributed by atoms with Crippen LogP contribution in [0.4, 0.5) is 0 Å². The Morgan fingerprint density at radius 1 is 1.22 bits per heavy atom. The zero-order chi connectivity index (χ0) is 26.6. The van der Waals surface area contributed by atoms with Crippen LogP contribution in [-0.4, -0.2) is 49.7 Å². The zero-order valence-corrected chi connectivity index (χ0v) is 23.4. The average molecular weight is 539 g/mol. The second kappa shape index (κ2) is 11.8. The first-order valence-corrected chi connectivity index (χ1v) is 14.3. The lowest BCUT2D eigenvalue weighted by Crippen LogP contribution is -2.38. The molecule has 198 valence electrons. The van der Waals surface area contributed by atoms with Crippen LogP contribution in [-0.2, 0) is 33.9 Å². The van der Waals surface area contributed by atoms with E-state index in [1.165, 1.54) is 0 Å². The fourth-order valence-electron chi connectivity index (χ4n) is 4.17. The summed E-state index contributed by atoms with van der Waals surface area (Å²) in [5.74, 6) is 0.616. The molecule has 0 unspecified atom stereocenters. The molecule has 0 N–H and O–H groups in total. The van der Waals surface area contributed by atoms with E-state index in [9.17, 15) is 13.2 Å². The lowest BCUT2D eigenvalue weighted by molar-refractivity contribution is 0.0723. The number of carbonyl (C=O) groups excluding carboxylic acids is 1. The maximum atomic E-state index is 13.7. The van der Waals surface area contributed by atoms with Gasteiger partial charge in [0.05, 0.1) is 42.7 Å². The molecule has 2 heterocycles. The van der Waals surface area contributed by atoms with E-state index in [0.717, 1.165) is 35.9 Å². The number of unbranched alkanes of at least 4 members (excludes halogenated alkanes) is 1. The van der Waals surface area contributed by atoms with Crippen molar-refractivity contribution in [3.8, 4) is 11.6 Å². The highest BCUT2D eigenvalue weighted by Gasteiger charge is 2.32. The van der Waals surface area contributed by atoms with Crippen molar-refractivity contribution >= 4 is 27.6 Å². The number of rotatable bonds is 11. The lowest BCUT2D eigenvalue weighted by Gasteiger charge is -2.32. The molecule has 0 spiro atoms. The second-order valence-corrected chi connectivity index (χ2v) is 11.4. The first kappa shape index (κ1) is 28.2. The Kier molecular flexibility index (Phi) is 9.24. The summed E-state index contributed by atoms with van der Waals surface area (Å²) in [5.41, 5.74) is 4.28. The highest BCUT2D eigenvalue weighted by Crippen LogP contribution is 2.38. The van der Waals surface area contributed by atoms with Crippen molar-refractivity contribution in [2.45, 2.75) is 73.1 Å². The third-order valence-electron chi connectivity index (χ3n) is 5.88. The van der Waals surface area contributed by atoms with Gasteiger partial charge < -0.3 is 14.4 Å². The number of halogens is 1. The van der Waals surface area contributed by atoms with Crippen molar-refractivity contribution in [2.24, 2.45) is 0 Å². The van der Waals surface area contributed by atoms with E-state index >= 15 is 0 Å². The molecule has 8 nitrogen and oxygen atoms in total. The van der Waals surface area contributed by atoms with Gasteiger partial charge in [-0.15, -0.1) is 0 Å². The first-order chi connectivity index (χ1) is 16.9. The van der Waals surface area contributed by atoms with Crippen LogP contribution in [0.3, 0.4) is 0 Å². The fraction of sp³-hybridized carbons (Fsp3) is 0.538. The highest BCUT2D eigenvalue weighted by molar-refractivity contribution is 7.85. The molecule has 2 aromatic rings. The monoisotopic (exact) mass is 538 g/mol. The third-order valence-corrected chi connectivity index (χ3v) is 6.80. The maximum Gasteiger partial charge on any atom is 0.264 e. The fourth-order valence-corrected chi connectivity index (χ4v) is 4.81. The molecule has 3 rings (SSSR count). The Balaban J connectivity index is 1.99. The smallest absolute Gasteiger partial charge is 0.264 e. The van der Waals surface area contributed by atoms with Gasteiger partial charge >= 0.3 is 0 Å². The van der Waals surface area contributed by atoms with Gasteiger partial charge in [-0.1, -0.05) is 24.9 Å². The summed E-state index contributed by atoms with van der Waals surface area (Å²) < 4.78 is 40.2. The molecule has 1 aromatic heterocycles. The summed E-state index contributed by atoms with van der Waals surface area (Å²) >= 11 is 6.70. The molecule has 0 bridgehead atoms. The Labute approximate surface area is 219 Å². The van der Waals surface area contributed by atoms with Crippen molar-refractivity contribution < 1.29 is 26.9 Å². The van der Waals surface area contributed by atoms with Crippen molar-refractivity contribution in [1.29, 1.82) is 0 Å². The topological polar surface area (TPSA) is 95.0 Å². The molecule has 1 aliphatic rings.